The molecule has 2 aromatic heterocycles. The Kier molecular flexibility index (Phi) is 4.45. The molecule has 2 aliphatic rings. The van der Waals surface area contributed by atoms with Gasteiger partial charge in [-0.05, 0) is 20.8 Å². The van der Waals surface area contributed by atoms with Gasteiger partial charge < -0.3 is 29.2 Å². The van der Waals surface area contributed by atoms with Crippen molar-refractivity contribution in [2.75, 3.05) is 6.61 Å². The highest BCUT2D eigenvalue weighted by atomic mass is 16.5. The summed E-state index contributed by atoms with van der Waals surface area (Å²) >= 11 is 0. The summed E-state index contributed by atoms with van der Waals surface area (Å²) in [5, 5.41) is 13.1. The zero-order chi connectivity index (χ0) is 21.0. The maximum Gasteiger partial charge on any atom is 0.276 e. The third-order valence-corrected chi connectivity index (χ3v) is 5.72. The molecule has 2 N–H and O–H groups in total. The molecule has 154 valence electrons. The van der Waals surface area contributed by atoms with Crippen LogP contribution in [0.3, 0.4) is 0 Å². The van der Waals surface area contributed by atoms with Crippen molar-refractivity contribution in [3.8, 4) is 5.75 Å². The van der Waals surface area contributed by atoms with Crippen molar-refractivity contribution < 1.29 is 19.4 Å². The highest BCUT2D eigenvalue weighted by Gasteiger charge is 2.42. The molecule has 0 unspecified atom stereocenters. The first kappa shape index (κ1) is 19.2. The van der Waals surface area contributed by atoms with Crippen LogP contribution in [0.2, 0.25) is 0 Å². The van der Waals surface area contributed by atoms with Gasteiger partial charge in [0.05, 0.1) is 31.4 Å². The van der Waals surface area contributed by atoms with Crippen LogP contribution in [0, 0.1) is 13.8 Å². The van der Waals surface area contributed by atoms with Crippen LogP contribution < -0.4 is 10.7 Å². The fraction of sp³-hybridized carbons (Fsp3) is 0.474. The highest BCUT2D eigenvalue weighted by Crippen LogP contribution is 2.29. The van der Waals surface area contributed by atoms with Crippen molar-refractivity contribution >= 4 is 11.8 Å². The standard InChI is InChI=1S/C19H23N5O5/c1-9-8-29-14-7-23-6-12(16(25)17(26)15(23)19(28)24(9)14)18(27)20-5-13-21-10(2)11(3)22(13)4/h6,9,14,26H,5,7-8H2,1-4H3,(H,20,27)/t9-,14+/m0/s1. The summed E-state index contributed by atoms with van der Waals surface area (Å²) in [7, 11) is 1.84. The molecule has 0 aromatic carbocycles. The van der Waals surface area contributed by atoms with Crippen molar-refractivity contribution in [1.82, 2.24) is 24.3 Å². The lowest BCUT2D eigenvalue weighted by atomic mass is 10.1. The number of aryl methyl sites for hydroxylation is 1. The topological polar surface area (TPSA) is 119 Å². The molecule has 29 heavy (non-hydrogen) atoms. The SMILES string of the molecule is Cc1nc(CNC(=O)c2cn3c(c(O)c2=O)C(=O)N2[C@@H](C)CO[C@@H]2C3)n(C)c1C. The fourth-order valence-corrected chi connectivity index (χ4v) is 3.84. The molecule has 2 amide bonds. The first-order chi connectivity index (χ1) is 13.7. The second kappa shape index (κ2) is 6.73. The van der Waals surface area contributed by atoms with E-state index >= 15 is 0 Å². The predicted molar refractivity (Wildman–Crippen MR) is 102 cm³/mol. The number of aromatic nitrogens is 3. The van der Waals surface area contributed by atoms with Gasteiger partial charge >= 0.3 is 0 Å². The lowest BCUT2D eigenvalue weighted by Crippen LogP contribution is -2.49. The number of hydrogen-bond acceptors (Lipinski definition) is 6. The maximum atomic E-state index is 12.8. The average Bonchev–Trinajstić information content (AvgIpc) is 3.17. The fourth-order valence-electron chi connectivity index (χ4n) is 3.84. The molecule has 2 atom stereocenters. The third-order valence-electron chi connectivity index (χ3n) is 5.72. The van der Waals surface area contributed by atoms with Crippen molar-refractivity contribution in [2.24, 2.45) is 7.05 Å². The van der Waals surface area contributed by atoms with E-state index in [9.17, 15) is 19.5 Å². The van der Waals surface area contributed by atoms with Gasteiger partial charge in [-0.15, -0.1) is 0 Å². The van der Waals surface area contributed by atoms with E-state index in [1.807, 2.05) is 32.4 Å². The zero-order valence-corrected chi connectivity index (χ0v) is 16.7. The van der Waals surface area contributed by atoms with Gasteiger partial charge in [-0.1, -0.05) is 0 Å². The Morgan fingerprint density at radius 3 is 2.76 bits per heavy atom. The smallest absolute Gasteiger partial charge is 0.276 e. The van der Waals surface area contributed by atoms with Gasteiger partial charge in [-0.2, -0.15) is 0 Å². The molecule has 0 spiro atoms. The number of aromatic hydroxyl groups is 1. The second-order valence-corrected chi connectivity index (χ2v) is 7.51. The van der Waals surface area contributed by atoms with E-state index in [4.69, 9.17) is 4.74 Å². The summed E-state index contributed by atoms with van der Waals surface area (Å²) in [5.74, 6) is -1.19. The molecule has 0 bridgehead atoms. The number of ether oxygens (including phenoxy) is 1. The molecule has 0 aliphatic carbocycles. The normalized spacial score (nSPS) is 20.6. The first-order valence-electron chi connectivity index (χ1n) is 9.38. The number of nitrogens with one attached hydrogen (secondary N) is 1. The van der Waals surface area contributed by atoms with Crippen LogP contribution in [0.5, 0.6) is 5.75 Å². The van der Waals surface area contributed by atoms with Crippen molar-refractivity contribution in [3.05, 3.63) is 44.9 Å². The summed E-state index contributed by atoms with van der Waals surface area (Å²) in [5.41, 5.74) is 0.615. The molecule has 0 radical (unpaired) electrons. The molecular formula is C19H23N5O5. The molecule has 1 fully saturated rings. The Bertz CT molecular complexity index is 1090. The van der Waals surface area contributed by atoms with E-state index in [1.165, 1.54) is 15.7 Å². The number of amides is 2. The van der Waals surface area contributed by atoms with E-state index in [1.54, 1.807) is 0 Å². The molecule has 4 heterocycles. The summed E-state index contributed by atoms with van der Waals surface area (Å²) in [6, 6.07) is -0.150. The first-order valence-corrected chi connectivity index (χ1v) is 9.38. The van der Waals surface area contributed by atoms with Crippen LogP contribution in [0.25, 0.3) is 0 Å². The van der Waals surface area contributed by atoms with Gasteiger partial charge in [0.15, 0.2) is 17.7 Å². The van der Waals surface area contributed by atoms with Crippen molar-refractivity contribution in [1.29, 1.82) is 0 Å². The van der Waals surface area contributed by atoms with E-state index in [2.05, 4.69) is 10.3 Å². The number of fused-ring (bicyclic) bond motifs is 2. The third kappa shape index (κ3) is 2.91. The molecular weight excluding hydrogens is 378 g/mol. The number of pyridine rings is 1. The minimum atomic E-state index is -0.875. The van der Waals surface area contributed by atoms with Crippen molar-refractivity contribution in [3.63, 3.8) is 0 Å². The van der Waals surface area contributed by atoms with E-state index in [0.29, 0.717) is 12.4 Å². The lowest BCUT2D eigenvalue weighted by Gasteiger charge is -2.33. The number of nitrogens with zero attached hydrogens (tertiary/aromatic N) is 4. The Morgan fingerprint density at radius 2 is 2.10 bits per heavy atom. The van der Waals surface area contributed by atoms with Crippen LogP contribution in [-0.2, 0) is 24.9 Å². The van der Waals surface area contributed by atoms with Crippen LogP contribution >= 0.6 is 0 Å². The minimum absolute atomic E-state index is 0.115. The second-order valence-electron chi connectivity index (χ2n) is 7.51. The highest BCUT2D eigenvalue weighted by molar-refractivity contribution is 5.99. The Hall–Kier alpha value is -3.14. The summed E-state index contributed by atoms with van der Waals surface area (Å²) < 4.78 is 8.89. The van der Waals surface area contributed by atoms with Crippen LogP contribution in [0.1, 0.15) is 45.0 Å². The van der Waals surface area contributed by atoms with Crippen LogP contribution in [-0.4, -0.2) is 54.8 Å². The van der Waals surface area contributed by atoms with Crippen LogP contribution in [0.15, 0.2) is 11.0 Å². The maximum absolute atomic E-state index is 12.8. The van der Waals surface area contributed by atoms with E-state index in [-0.39, 0.29) is 30.4 Å². The number of carbonyl (C=O) groups is 2. The van der Waals surface area contributed by atoms with Gasteiger partial charge in [-0.3, -0.25) is 14.4 Å². The van der Waals surface area contributed by atoms with Gasteiger partial charge in [0, 0.05) is 18.9 Å². The summed E-state index contributed by atoms with van der Waals surface area (Å²) in [4.78, 5) is 43.9. The Labute approximate surface area is 166 Å². The largest absolute Gasteiger partial charge is 0.503 e. The molecule has 1 saturated heterocycles. The summed E-state index contributed by atoms with van der Waals surface area (Å²) in [6.07, 6.45) is 0.824. The van der Waals surface area contributed by atoms with Gasteiger partial charge in [0.1, 0.15) is 11.4 Å². The number of hydrogen-bond donors (Lipinski definition) is 2. The van der Waals surface area contributed by atoms with Gasteiger partial charge in [-0.25, -0.2) is 4.98 Å². The summed E-state index contributed by atoms with van der Waals surface area (Å²) in [6.45, 7) is 6.38. The number of carbonyl (C=O) groups excluding carboxylic acids is 2. The molecule has 4 rings (SSSR count). The monoisotopic (exact) mass is 401 g/mol. The van der Waals surface area contributed by atoms with E-state index in [0.717, 1.165) is 11.4 Å². The molecule has 2 aromatic rings. The lowest BCUT2D eigenvalue weighted by molar-refractivity contribution is 0.00624. The minimum Gasteiger partial charge on any atom is -0.503 e. The van der Waals surface area contributed by atoms with Gasteiger partial charge in [0.25, 0.3) is 11.8 Å². The van der Waals surface area contributed by atoms with E-state index < -0.39 is 29.2 Å². The van der Waals surface area contributed by atoms with Crippen LogP contribution in [0.4, 0.5) is 0 Å². The molecule has 0 saturated carbocycles. The predicted octanol–water partition coefficient (Wildman–Crippen LogP) is 0.0348. The quantitative estimate of drug-likeness (QED) is 0.749. The Morgan fingerprint density at radius 1 is 1.38 bits per heavy atom. The molecule has 10 nitrogen and oxygen atoms in total. The zero-order valence-electron chi connectivity index (χ0n) is 16.7. The van der Waals surface area contributed by atoms with Gasteiger partial charge in [0.2, 0.25) is 5.43 Å². The Balaban J connectivity index is 1.63. The molecule has 10 heteroatoms. The molecule has 2 aliphatic heterocycles. The number of rotatable bonds is 3. The number of imidazole rings is 1. The van der Waals surface area contributed by atoms with Crippen molar-refractivity contribution in [2.45, 2.75) is 46.1 Å². The average molecular weight is 401 g/mol.